The van der Waals surface area contributed by atoms with Crippen LogP contribution in [0.3, 0.4) is 0 Å². The number of aryl methyl sites for hydroxylation is 1. The van der Waals surface area contributed by atoms with Crippen molar-refractivity contribution in [3.05, 3.63) is 70.0 Å². The molecular formula is C31H37F7N4O2. The van der Waals surface area contributed by atoms with Gasteiger partial charge in [0.15, 0.2) is 0 Å². The maximum atomic E-state index is 14.1. The van der Waals surface area contributed by atoms with E-state index in [-0.39, 0.29) is 24.1 Å². The number of hydrogen-bond acceptors (Lipinski definition) is 3. The largest absolute Gasteiger partial charge is 0.416 e. The number of benzene rings is 2. The molecule has 13 heteroatoms. The van der Waals surface area contributed by atoms with Gasteiger partial charge < -0.3 is 14.7 Å². The number of piperidine rings is 1. The van der Waals surface area contributed by atoms with Crippen LogP contribution in [0.25, 0.3) is 0 Å². The third-order valence-corrected chi connectivity index (χ3v) is 8.93. The summed E-state index contributed by atoms with van der Waals surface area (Å²) in [5.74, 6) is -1.40. The number of likely N-dealkylation sites (tertiary alicyclic amines) is 2. The van der Waals surface area contributed by atoms with Gasteiger partial charge in [-0.3, -0.25) is 9.69 Å². The van der Waals surface area contributed by atoms with Crippen LogP contribution in [-0.4, -0.2) is 90.9 Å². The molecule has 0 saturated carbocycles. The summed E-state index contributed by atoms with van der Waals surface area (Å²) in [6.45, 7) is 6.45. The average molecular weight is 631 g/mol. The lowest BCUT2D eigenvalue weighted by atomic mass is 9.78. The molecule has 0 N–H and O–H groups in total. The molecule has 2 atom stereocenters. The molecule has 0 aromatic heterocycles. The normalized spacial score (nSPS) is 20.3. The monoisotopic (exact) mass is 630 g/mol. The molecule has 3 amide bonds. The number of carbonyl (C=O) groups is 2. The molecule has 2 aromatic rings. The van der Waals surface area contributed by atoms with Gasteiger partial charge in [0.05, 0.1) is 16.5 Å². The number of alkyl halides is 6. The van der Waals surface area contributed by atoms with Crippen molar-refractivity contribution in [2.45, 2.75) is 63.0 Å². The number of likely N-dealkylation sites (N-methyl/N-ethyl adjacent to an activating group) is 1. The topological polar surface area (TPSA) is 47.1 Å². The van der Waals surface area contributed by atoms with E-state index in [1.54, 1.807) is 32.0 Å². The summed E-state index contributed by atoms with van der Waals surface area (Å²) in [5.41, 5.74) is -3.66. The number of nitrogens with zero attached hydrogens (tertiary/aromatic N) is 4. The fourth-order valence-corrected chi connectivity index (χ4v) is 6.28. The van der Waals surface area contributed by atoms with E-state index in [2.05, 4.69) is 4.90 Å². The highest BCUT2D eigenvalue weighted by molar-refractivity contribution is 5.87. The van der Waals surface area contributed by atoms with Gasteiger partial charge in [0.1, 0.15) is 5.82 Å². The van der Waals surface area contributed by atoms with Crippen molar-refractivity contribution in [1.29, 1.82) is 0 Å². The maximum Gasteiger partial charge on any atom is 0.416 e. The predicted octanol–water partition coefficient (Wildman–Crippen LogP) is 6.13. The van der Waals surface area contributed by atoms with E-state index in [0.29, 0.717) is 50.3 Å². The minimum absolute atomic E-state index is 0.0462. The van der Waals surface area contributed by atoms with E-state index in [9.17, 15) is 40.3 Å². The highest BCUT2D eigenvalue weighted by Gasteiger charge is 2.45. The summed E-state index contributed by atoms with van der Waals surface area (Å²) in [6, 6.07) is 5.11. The summed E-state index contributed by atoms with van der Waals surface area (Å²) >= 11 is 0. The Kier molecular flexibility index (Phi) is 9.05. The molecule has 0 spiro atoms. The Morgan fingerprint density at radius 3 is 1.89 bits per heavy atom. The van der Waals surface area contributed by atoms with Gasteiger partial charge in [0, 0.05) is 65.3 Å². The van der Waals surface area contributed by atoms with Crippen molar-refractivity contribution in [1.82, 2.24) is 19.6 Å². The molecule has 0 aliphatic carbocycles. The van der Waals surface area contributed by atoms with E-state index < -0.39 is 52.2 Å². The van der Waals surface area contributed by atoms with Crippen molar-refractivity contribution >= 4 is 11.9 Å². The summed E-state index contributed by atoms with van der Waals surface area (Å²) in [5, 5.41) is 0. The maximum absolute atomic E-state index is 14.1. The second-order valence-electron chi connectivity index (χ2n) is 12.5. The zero-order valence-corrected chi connectivity index (χ0v) is 25.5. The van der Waals surface area contributed by atoms with E-state index in [4.69, 9.17) is 0 Å². The number of carbonyl (C=O) groups excluding carboxylic acids is 2. The van der Waals surface area contributed by atoms with Gasteiger partial charge in [0.2, 0.25) is 5.91 Å². The van der Waals surface area contributed by atoms with Crippen molar-refractivity contribution in [3.8, 4) is 0 Å². The Labute approximate surface area is 252 Å². The van der Waals surface area contributed by atoms with Gasteiger partial charge in [-0.1, -0.05) is 6.07 Å². The molecule has 2 aliphatic heterocycles. The van der Waals surface area contributed by atoms with Crippen molar-refractivity contribution < 1.29 is 40.3 Å². The molecule has 2 heterocycles. The summed E-state index contributed by atoms with van der Waals surface area (Å²) in [7, 11) is 4.85. The van der Waals surface area contributed by atoms with Crippen LogP contribution in [0.2, 0.25) is 0 Å². The first-order valence-electron chi connectivity index (χ1n) is 14.2. The van der Waals surface area contributed by atoms with Crippen LogP contribution in [0.1, 0.15) is 54.0 Å². The molecule has 0 unspecified atom stereocenters. The number of amides is 3. The zero-order chi connectivity index (χ0) is 32.9. The number of hydrogen-bond donors (Lipinski definition) is 0. The van der Waals surface area contributed by atoms with Gasteiger partial charge in [-0.05, 0) is 74.2 Å². The molecule has 2 fully saturated rings. The molecule has 0 bridgehead atoms. The van der Waals surface area contributed by atoms with E-state index in [1.807, 2.05) is 0 Å². The Hall–Kier alpha value is -3.35. The van der Waals surface area contributed by atoms with Crippen LogP contribution in [0, 0.1) is 12.7 Å². The Balaban J connectivity index is 1.65. The second kappa shape index (κ2) is 11.9. The molecule has 4 rings (SSSR count). The lowest BCUT2D eigenvalue weighted by molar-refractivity contribution is -0.144. The fraction of sp³-hybridized carbons (Fsp3) is 0.548. The SMILES string of the molecule is Cc1cc(F)ccc1[C@H]1CN(C2CN(C(=O)N(C)C)C2)CC[C@@H]1N(C)C(=O)C(C)(C)c1cc(C(F)(F)F)cc(C(F)(F)F)c1. The van der Waals surface area contributed by atoms with Crippen molar-refractivity contribution in [3.63, 3.8) is 0 Å². The minimum atomic E-state index is -5.05. The van der Waals surface area contributed by atoms with Crippen LogP contribution in [0.4, 0.5) is 35.5 Å². The van der Waals surface area contributed by atoms with Gasteiger partial charge in [-0.25, -0.2) is 9.18 Å². The Bertz CT molecular complexity index is 1370. The van der Waals surface area contributed by atoms with Crippen LogP contribution in [0.15, 0.2) is 36.4 Å². The summed E-state index contributed by atoms with van der Waals surface area (Å²) in [6.07, 6.45) is -9.64. The quantitative estimate of drug-likeness (QED) is 0.374. The first-order valence-corrected chi connectivity index (χ1v) is 14.2. The van der Waals surface area contributed by atoms with Crippen LogP contribution in [-0.2, 0) is 22.6 Å². The van der Waals surface area contributed by atoms with Crippen molar-refractivity contribution in [2.75, 3.05) is 47.3 Å². The molecule has 44 heavy (non-hydrogen) atoms. The highest BCUT2D eigenvalue weighted by atomic mass is 19.4. The zero-order valence-electron chi connectivity index (χ0n) is 25.5. The lowest BCUT2D eigenvalue weighted by Crippen LogP contribution is -2.65. The van der Waals surface area contributed by atoms with Crippen molar-refractivity contribution in [2.24, 2.45) is 0 Å². The Morgan fingerprint density at radius 2 is 1.39 bits per heavy atom. The predicted molar refractivity (Wildman–Crippen MR) is 151 cm³/mol. The molecule has 2 aromatic carbocycles. The number of rotatable bonds is 5. The summed E-state index contributed by atoms with van der Waals surface area (Å²) < 4.78 is 95.7. The third-order valence-electron chi connectivity index (χ3n) is 8.93. The first kappa shape index (κ1) is 33.5. The number of urea groups is 1. The van der Waals surface area contributed by atoms with Crippen LogP contribution < -0.4 is 0 Å². The van der Waals surface area contributed by atoms with Gasteiger partial charge in [0.25, 0.3) is 0 Å². The van der Waals surface area contributed by atoms with Crippen LogP contribution in [0.5, 0.6) is 0 Å². The molecular weight excluding hydrogens is 593 g/mol. The highest BCUT2D eigenvalue weighted by Crippen LogP contribution is 2.41. The first-order chi connectivity index (χ1) is 20.2. The molecule has 6 nitrogen and oxygen atoms in total. The second-order valence-corrected chi connectivity index (χ2v) is 12.5. The van der Waals surface area contributed by atoms with Gasteiger partial charge >= 0.3 is 18.4 Å². The van der Waals surface area contributed by atoms with E-state index in [0.717, 1.165) is 5.56 Å². The van der Waals surface area contributed by atoms with Gasteiger partial charge in [-0.15, -0.1) is 0 Å². The molecule has 2 saturated heterocycles. The molecule has 2 aliphatic rings. The molecule has 242 valence electrons. The number of halogens is 7. The van der Waals surface area contributed by atoms with Gasteiger partial charge in [-0.2, -0.15) is 26.3 Å². The minimum Gasteiger partial charge on any atom is -0.341 e. The summed E-state index contributed by atoms with van der Waals surface area (Å²) in [4.78, 5) is 33.2. The smallest absolute Gasteiger partial charge is 0.341 e. The Morgan fingerprint density at radius 1 is 0.841 bits per heavy atom. The third kappa shape index (κ3) is 6.67. The molecule has 0 radical (unpaired) electrons. The average Bonchev–Trinajstić information content (AvgIpc) is 2.90. The van der Waals surface area contributed by atoms with E-state index >= 15 is 0 Å². The van der Waals surface area contributed by atoms with E-state index in [1.165, 1.54) is 42.8 Å². The fourth-order valence-electron chi connectivity index (χ4n) is 6.28. The standard InChI is InChI=1S/C31H37F7N4O2/c1-18-11-22(32)7-8-24(18)25-17-41(23-15-42(16-23)28(44)39(4)5)10-9-26(25)40(6)27(43)29(2,3)19-12-20(30(33,34)35)14-21(13-19)31(36,37)38/h7-8,11-14,23,25-26H,9-10,15-17H2,1-6H3/t25-,26+/m1/s1. The lowest BCUT2D eigenvalue weighted by Gasteiger charge is -2.51. The van der Waals surface area contributed by atoms with Crippen LogP contribution >= 0.6 is 0 Å².